The third-order valence-electron chi connectivity index (χ3n) is 5.95. The lowest BCUT2D eigenvalue weighted by molar-refractivity contribution is -0.119. The Balaban J connectivity index is 1.32. The number of nitrogens with one attached hydrogen (secondary N) is 2. The highest BCUT2D eigenvalue weighted by Crippen LogP contribution is 2.33. The number of aromatic nitrogens is 4. The van der Waals surface area contributed by atoms with Gasteiger partial charge in [0.1, 0.15) is 23.7 Å². The van der Waals surface area contributed by atoms with Crippen molar-refractivity contribution in [2.75, 3.05) is 37.7 Å². The molecule has 0 radical (unpaired) electrons. The van der Waals surface area contributed by atoms with Gasteiger partial charge in [-0.1, -0.05) is 0 Å². The van der Waals surface area contributed by atoms with Crippen molar-refractivity contribution in [2.45, 2.75) is 18.9 Å². The highest BCUT2D eigenvalue weighted by Gasteiger charge is 2.22. The van der Waals surface area contributed by atoms with Crippen LogP contribution in [0.4, 0.5) is 5.82 Å². The molecule has 164 valence electrons. The first-order valence-corrected chi connectivity index (χ1v) is 10.9. The van der Waals surface area contributed by atoms with Crippen LogP contribution in [0.2, 0.25) is 0 Å². The van der Waals surface area contributed by atoms with Crippen LogP contribution < -0.4 is 20.3 Å². The van der Waals surface area contributed by atoms with Gasteiger partial charge in [-0.3, -0.25) is 4.79 Å². The Morgan fingerprint density at radius 1 is 1.19 bits per heavy atom. The Labute approximate surface area is 183 Å². The second-order valence-electron chi connectivity index (χ2n) is 8.09. The van der Waals surface area contributed by atoms with E-state index in [4.69, 9.17) is 9.15 Å². The van der Waals surface area contributed by atoms with E-state index in [0.717, 1.165) is 55.1 Å². The largest absolute Gasteiger partial charge is 0.474 e. The van der Waals surface area contributed by atoms with Crippen molar-refractivity contribution in [2.24, 2.45) is 0 Å². The number of pyridine rings is 1. The zero-order chi connectivity index (χ0) is 21.5. The van der Waals surface area contributed by atoms with Gasteiger partial charge >= 0.3 is 0 Å². The summed E-state index contributed by atoms with van der Waals surface area (Å²) in [7, 11) is 0. The zero-order valence-electron chi connectivity index (χ0n) is 17.5. The third-order valence-corrected chi connectivity index (χ3v) is 5.95. The van der Waals surface area contributed by atoms with E-state index in [9.17, 15) is 4.79 Å². The molecular weight excluding hydrogens is 410 g/mol. The van der Waals surface area contributed by atoms with Crippen LogP contribution in [0.25, 0.3) is 28.1 Å². The van der Waals surface area contributed by atoms with Crippen LogP contribution in [0.3, 0.4) is 0 Å². The minimum atomic E-state index is 0.0218. The number of ether oxygens (including phenoxy) is 1. The molecule has 10 heteroatoms. The molecule has 0 aromatic carbocycles. The number of furan rings is 1. The third kappa shape index (κ3) is 3.42. The van der Waals surface area contributed by atoms with Crippen LogP contribution in [0.15, 0.2) is 41.1 Å². The number of piperazine rings is 1. The van der Waals surface area contributed by atoms with Gasteiger partial charge in [-0.05, 0) is 24.6 Å². The Hall–Kier alpha value is -3.66. The summed E-state index contributed by atoms with van der Waals surface area (Å²) in [4.78, 5) is 22.7. The lowest BCUT2D eigenvalue weighted by Crippen LogP contribution is -2.43. The number of hydrogen-bond acceptors (Lipinski definition) is 8. The molecule has 32 heavy (non-hydrogen) atoms. The SMILES string of the molecule is O=C1CCC(COc2ccc3ncc(-c4cc5c(N6CCNCC6)nccc5o4)n3n2)N1. The summed E-state index contributed by atoms with van der Waals surface area (Å²) in [6, 6.07) is 7.55. The first-order valence-electron chi connectivity index (χ1n) is 10.9. The molecule has 1 amide bonds. The Morgan fingerprint density at radius 3 is 2.94 bits per heavy atom. The highest BCUT2D eigenvalue weighted by molar-refractivity contribution is 5.92. The Bertz CT molecular complexity index is 1290. The lowest BCUT2D eigenvalue weighted by atomic mass is 10.2. The molecule has 2 saturated heterocycles. The molecule has 0 spiro atoms. The van der Waals surface area contributed by atoms with Gasteiger partial charge in [0.05, 0.1) is 17.6 Å². The van der Waals surface area contributed by atoms with E-state index in [1.807, 2.05) is 18.2 Å². The average molecular weight is 433 g/mol. The number of imidazole rings is 1. The number of amides is 1. The number of rotatable bonds is 5. The fourth-order valence-electron chi connectivity index (χ4n) is 4.29. The molecule has 2 aliphatic rings. The van der Waals surface area contributed by atoms with Crippen LogP contribution in [0, 0.1) is 0 Å². The van der Waals surface area contributed by atoms with Crippen molar-refractivity contribution in [1.82, 2.24) is 30.2 Å². The lowest BCUT2D eigenvalue weighted by Gasteiger charge is -2.28. The first kappa shape index (κ1) is 19.1. The van der Waals surface area contributed by atoms with Gasteiger partial charge in [0, 0.05) is 44.9 Å². The second kappa shape index (κ2) is 7.79. The molecular formula is C22H23N7O3. The number of anilines is 1. The molecule has 6 rings (SSSR count). The van der Waals surface area contributed by atoms with Gasteiger partial charge in [0.25, 0.3) is 0 Å². The van der Waals surface area contributed by atoms with E-state index in [2.05, 4.69) is 30.6 Å². The van der Waals surface area contributed by atoms with E-state index >= 15 is 0 Å². The predicted octanol–water partition coefficient (Wildman–Crippen LogP) is 1.60. The monoisotopic (exact) mass is 433 g/mol. The van der Waals surface area contributed by atoms with Crippen molar-refractivity contribution in [3.05, 3.63) is 36.7 Å². The maximum Gasteiger partial charge on any atom is 0.231 e. The van der Waals surface area contributed by atoms with Gasteiger partial charge in [-0.2, -0.15) is 0 Å². The summed E-state index contributed by atoms with van der Waals surface area (Å²) in [6.45, 7) is 4.08. The van der Waals surface area contributed by atoms with Crippen molar-refractivity contribution in [3.8, 4) is 17.3 Å². The van der Waals surface area contributed by atoms with Crippen molar-refractivity contribution in [1.29, 1.82) is 0 Å². The summed E-state index contributed by atoms with van der Waals surface area (Å²) >= 11 is 0. The molecule has 2 fully saturated rings. The summed E-state index contributed by atoms with van der Waals surface area (Å²) in [6.07, 6.45) is 4.86. The molecule has 6 heterocycles. The number of nitrogens with zero attached hydrogens (tertiary/aromatic N) is 5. The predicted molar refractivity (Wildman–Crippen MR) is 118 cm³/mol. The van der Waals surface area contributed by atoms with Crippen molar-refractivity contribution >= 4 is 28.3 Å². The van der Waals surface area contributed by atoms with Crippen molar-refractivity contribution < 1.29 is 13.9 Å². The van der Waals surface area contributed by atoms with E-state index < -0.39 is 0 Å². The zero-order valence-corrected chi connectivity index (χ0v) is 17.5. The van der Waals surface area contributed by atoms with Gasteiger partial charge in [-0.25, -0.2) is 14.5 Å². The quantitative estimate of drug-likeness (QED) is 0.489. The molecule has 2 N–H and O–H groups in total. The van der Waals surface area contributed by atoms with Crippen molar-refractivity contribution in [3.63, 3.8) is 0 Å². The Kier molecular flexibility index (Phi) is 4.64. The molecule has 4 aromatic heterocycles. The fourth-order valence-corrected chi connectivity index (χ4v) is 4.29. The van der Waals surface area contributed by atoms with Gasteiger partial charge in [0.15, 0.2) is 11.4 Å². The highest BCUT2D eigenvalue weighted by atomic mass is 16.5. The summed E-state index contributed by atoms with van der Waals surface area (Å²) in [5.41, 5.74) is 2.22. The smallest absolute Gasteiger partial charge is 0.231 e. The molecule has 10 nitrogen and oxygen atoms in total. The van der Waals surface area contributed by atoms with E-state index in [1.165, 1.54) is 0 Å². The molecule has 0 aliphatic carbocycles. The number of carbonyl (C=O) groups is 1. The fraction of sp³-hybridized carbons (Fsp3) is 0.364. The van der Waals surface area contributed by atoms with E-state index in [-0.39, 0.29) is 11.9 Å². The van der Waals surface area contributed by atoms with Gasteiger partial charge in [-0.15, -0.1) is 5.10 Å². The summed E-state index contributed by atoms with van der Waals surface area (Å²) in [5, 5.41) is 11.8. The molecule has 4 aromatic rings. The van der Waals surface area contributed by atoms with E-state index in [1.54, 1.807) is 23.0 Å². The minimum absolute atomic E-state index is 0.0218. The molecule has 0 bridgehead atoms. The van der Waals surface area contributed by atoms with Crippen LogP contribution in [-0.2, 0) is 4.79 Å². The number of carbonyl (C=O) groups excluding carboxylic acids is 1. The van der Waals surface area contributed by atoms with Crippen LogP contribution in [0.1, 0.15) is 12.8 Å². The number of hydrogen-bond donors (Lipinski definition) is 2. The van der Waals surface area contributed by atoms with Gasteiger partial charge in [0.2, 0.25) is 11.8 Å². The topological polar surface area (TPSA) is 110 Å². The Morgan fingerprint density at radius 2 is 2.09 bits per heavy atom. The maximum atomic E-state index is 11.4. The summed E-state index contributed by atoms with van der Waals surface area (Å²) in [5.74, 6) is 2.14. The standard InChI is InChI=1S/C22H23N7O3/c30-20-3-1-14(26-20)13-31-21-4-2-19-25-12-16(29(19)27-21)18-11-15-17(32-18)5-6-24-22(15)28-9-7-23-8-10-28/h2,4-6,11-12,14,23H,1,3,7-10,13H2,(H,26,30). The first-order chi connectivity index (χ1) is 15.7. The van der Waals surface area contributed by atoms with Crippen LogP contribution in [-0.4, -0.2) is 64.3 Å². The van der Waals surface area contributed by atoms with Crippen LogP contribution in [0.5, 0.6) is 5.88 Å². The molecule has 2 aliphatic heterocycles. The minimum Gasteiger partial charge on any atom is -0.474 e. The summed E-state index contributed by atoms with van der Waals surface area (Å²) < 4.78 is 13.7. The molecule has 0 saturated carbocycles. The second-order valence-corrected chi connectivity index (χ2v) is 8.09. The molecule has 1 atom stereocenters. The normalized spacial score (nSPS) is 19.1. The van der Waals surface area contributed by atoms with Gasteiger partial charge < -0.3 is 24.7 Å². The average Bonchev–Trinajstić information content (AvgIpc) is 3.55. The number of fused-ring (bicyclic) bond motifs is 2. The van der Waals surface area contributed by atoms with Crippen LogP contribution >= 0.6 is 0 Å². The van der Waals surface area contributed by atoms with E-state index in [0.29, 0.717) is 30.3 Å². The maximum absolute atomic E-state index is 11.4. The molecule has 1 unspecified atom stereocenters.